The summed E-state index contributed by atoms with van der Waals surface area (Å²) in [7, 11) is 1.76. The molecule has 1 aliphatic rings. The minimum Gasteiger partial charge on any atom is -0.475 e. The number of carbonyl (C=O) groups is 2. The molecular weight excluding hydrogens is 314 g/mol. The van der Waals surface area contributed by atoms with Gasteiger partial charge in [0.25, 0.3) is 5.91 Å². The standard InChI is InChI=1S/C16H23N3O3S/c1-5-18(4)16(21)13-9-23-10-19(13)15(20)12-6-7-14(17-8-12)22-11(2)3/h6-8,11,13H,5,9-10H2,1-4H3/t13-/m0/s1. The Hall–Kier alpha value is -1.76. The molecule has 0 radical (unpaired) electrons. The number of hydrogen-bond donors (Lipinski definition) is 0. The summed E-state index contributed by atoms with van der Waals surface area (Å²) >= 11 is 1.59. The van der Waals surface area contributed by atoms with E-state index in [0.717, 1.165) is 0 Å². The highest BCUT2D eigenvalue weighted by molar-refractivity contribution is 7.99. The number of rotatable bonds is 5. The van der Waals surface area contributed by atoms with Crippen LogP contribution in [0.1, 0.15) is 31.1 Å². The van der Waals surface area contributed by atoms with Gasteiger partial charge in [0.05, 0.1) is 17.5 Å². The van der Waals surface area contributed by atoms with E-state index in [-0.39, 0.29) is 17.9 Å². The van der Waals surface area contributed by atoms with Crippen molar-refractivity contribution in [3.63, 3.8) is 0 Å². The lowest BCUT2D eigenvalue weighted by Crippen LogP contribution is -2.47. The van der Waals surface area contributed by atoms with Gasteiger partial charge in [0, 0.05) is 31.6 Å². The monoisotopic (exact) mass is 337 g/mol. The van der Waals surface area contributed by atoms with E-state index in [1.807, 2.05) is 20.8 Å². The second-order valence-electron chi connectivity index (χ2n) is 5.69. The SMILES string of the molecule is CCN(C)C(=O)[C@@H]1CSCN1C(=O)c1ccc(OC(C)C)nc1. The largest absolute Gasteiger partial charge is 0.475 e. The highest BCUT2D eigenvalue weighted by Crippen LogP contribution is 2.24. The first-order chi connectivity index (χ1) is 10.9. The van der Waals surface area contributed by atoms with Gasteiger partial charge in [0.1, 0.15) is 6.04 Å². The van der Waals surface area contributed by atoms with Crippen LogP contribution in [0.5, 0.6) is 5.88 Å². The maximum atomic E-state index is 12.7. The van der Waals surface area contributed by atoms with Crippen LogP contribution in [0, 0.1) is 0 Å². The van der Waals surface area contributed by atoms with Crippen LogP contribution in [-0.4, -0.2) is 64.0 Å². The molecule has 2 rings (SSSR count). The molecule has 126 valence electrons. The number of ether oxygens (including phenoxy) is 1. The van der Waals surface area contributed by atoms with Crippen molar-refractivity contribution in [3.8, 4) is 5.88 Å². The molecule has 0 spiro atoms. The Morgan fingerprint density at radius 2 is 2.22 bits per heavy atom. The van der Waals surface area contributed by atoms with E-state index in [0.29, 0.717) is 29.6 Å². The first-order valence-corrected chi connectivity index (χ1v) is 8.86. The summed E-state index contributed by atoms with van der Waals surface area (Å²) < 4.78 is 5.48. The summed E-state index contributed by atoms with van der Waals surface area (Å²) in [6.45, 7) is 6.39. The predicted octanol–water partition coefficient (Wildman–Crippen LogP) is 1.86. The summed E-state index contributed by atoms with van der Waals surface area (Å²) in [4.78, 5) is 32.5. The predicted molar refractivity (Wildman–Crippen MR) is 90.6 cm³/mol. The minimum atomic E-state index is -0.399. The number of pyridine rings is 1. The Kier molecular flexibility index (Phi) is 5.87. The molecule has 23 heavy (non-hydrogen) atoms. The van der Waals surface area contributed by atoms with E-state index in [9.17, 15) is 9.59 Å². The molecule has 1 aromatic heterocycles. The Bertz CT molecular complexity index is 562. The fraction of sp³-hybridized carbons (Fsp3) is 0.562. The molecule has 0 bridgehead atoms. The number of aromatic nitrogens is 1. The Morgan fingerprint density at radius 3 is 2.78 bits per heavy atom. The fourth-order valence-corrected chi connectivity index (χ4v) is 3.39. The van der Waals surface area contributed by atoms with Crippen LogP contribution >= 0.6 is 11.8 Å². The summed E-state index contributed by atoms with van der Waals surface area (Å²) in [5.41, 5.74) is 0.473. The number of hydrogen-bond acceptors (Lipinski definition) is 5. The van der Waals surface area contributed by atoms with Crippen LogP contribution in [0.2, 0.25) is 0 Å². The summed E-state index contributed by atoms with van der Waals surface area (Å²) in [6.07, 6.45) is 1.54. The van der Waals surface area contributed by atoms with Crippen molar-refractivity contribution >= 4 is 23.6 Å². The minimum absolute atomic E-state index is 0.0152. The molecule has 0 saturated carbocycles. The van der Waals surface area contributed by atoms with Crippen LogP contribution in [0.25, 0.3) is 0 Å². The van der Waals surface area contributed by atoms with Gasteiger partial charge in [-0.1, -0.05) is 0 Å². The van der Waals surface area contributed by atoms with Gasteiger partial charge in [-0.3, -0.25) is 9.59 Å². The lowest BCUT2D eigenvalue weighted by Gasteiger charge is -2.26. The average molecular weight is 337 g/mol. The van der Waals surface area contributed by atoms with Gasteiger partial charge in [0.15, 0.2) is 0 Å². The van der Waals surface area contributed by atoms with E-state index in [1.165, 1.54) is 6.20 Å². The van der Waals surface area contributed by atoms with Crippen LogP contribution in [-0.2, 0) is 4.79 Å². The van der Waals surface area contributed by atoms with Crippen molar-refractivity contribution in [2.24, 2.45) is 0 Å². The molecule has 6 nitrogen and oxygen atoms in total. The molecule has 1 saturated heterocycles. The van der Waals surface area contributed by atoms with Crippen LogP contribution in [0.15, 0.2) is 18.3 Å². The highest BCUT2D eigenvalue weighted by atomic mass is 32.2. The third kappa shape index (κ3) is 4.16. The lowest BCUT2D eigenvalue weighted by molar-refractivity contribution is -0.133. The zero-order valence-corrected chi connectivity index (χ0v) is 14.8. The van der Waals surface area contributed by atoms with Gasteiger partial charge in [-0.15, -0.1) is 11.8 Å². The Morgan fingerprint density at radius 1 is 1.48 bits per heavy atom. The number of thioether (sulfide) groups is 1. The molecule has 2 heterocycles. The van der Waals surface area contributed by atoms with Crippen molar-refractivity contribution in [3.05, 3.63) is 23.9 Å². The highest BCUT2D eigenvalue weighted by Gasteiger charge is 2.36. The van der Waals surface area contributed by atoms with Gasteiger partial charge in [-0.05, 0) is 26.8 Å². The number of carbonyl (C=O) groups excluding carboxylic acids is 2. The molecule has 0 aliphatic carbocycles. The molecule has 1 atom stereocenters. The molecule has 0 aromatic carbocycles. The van der Waals surface area contributed by atoms with E-state index < -0.39 is 6.04 Å². The van der Waals surface area contributed by atoms with Crippen molar-refractivity contribution in [2.45, 2.75) is 32.9 Å². The maximum absolute atomic E-state index is 12.7. The average Bonchev–Trinajstić information content (AvgIpc) is 3.02. The quantitative estimate of drug-likeness (QED) is 0.821. The van der Waals surface area contributed by atoms with Crippen LogP contribution in [0.4, 0.5) is 0 Å². The zero-order valence-electron chi connectivity index (χ0n) is 14.0. The van der Waals surface area contributed by atoms with Gasteiger partial charge in [0.2, 0.25) is 11.8 Å². The molecule has 1 aliphatic heterocycles. The van der Waals surface area contributed by atoms with Crippen molar-refractivity contribution < 1.29 is 14.3 Å². The third-order valence-electron chi connectivity index (χ3n) is 3.62. The number of nitrogens with zero attached hydrogens (tertiary/aromatic N) is 3. The summed E-state index contributed by atoms with van der Waals surface area (Å²) in [5.74, 6) is 1.47. The first kappa shape index (κ1) is 17.6. The normalized spacial score (nSPS) is 17.4. The second-order valence-corrected chi connectivity index (χ2v) is 6.69. The molecule has 7 heteroatoms. The van der Waals surface area contributed by atoms with Gasteiger partial charge >= 0.3 is 0 Å². The van der Waals surface area contributed by atoms with E-state index in [1.54, 1.807) is 40.7 Å². The fourth-order valence-electron chi connectivity index (χ4n) is 2.24. The van der Waals surface area contributed by atoms with E-state index >= 15 is 0 Å². The van der Waals surface area contributed by atoms with Crippen molar-refractivity contribution in [2.75, 3.05) is 25.2 Å². The van der Waals surface area contributed by atoms with E-state index in [4.69, 9.17) is 4.74 Å². The molecular formula is C16H23N3O3S. The molecule has 1 fully saturated rings. The molecule has 0 unspecified atom stereocenters. The molecule has 0 N–H and O–H groups in total. The second kappa shape index (κ2) is 7.68. The smallest absolute Gasteiger partial charge is 0.256 e. The lowest BCUT2D eigenvalue weighted by atomic mass is 10.2. The summed E-state index contributed by atoms with van der Waals surface area (Å²) in [6, 6.07) is 2.98. The maximum Gasteiger partial charge on any atom is 0.256 e. The number of likely N-dealkylation sites (N-methyl/N-ethyl adjacent to an activating group) is 1. The zero-order chi connectivity index (χ0) is 17.0. The topological polar surface area (TPSA) is 62.7 Å². The molecule has 2 amide bonds. The number of amides is 2. The van der Waals surface area contributed by atoms with Gasteiger partial charge < -0.3 is 14.5 Å². The van der Waals surface area contributed by atoms with Crippen molar-refractivity contribution in [1.29, 1.82) is 0 Å². The van der Waals surface area contributed by atoms with Crippen LogP contribution < -0.4 is 4.74 Å². The van der Waals surface area contributed by atoms with Crippen molar-refractivity contribution in [1.82, 2.24) is 14.8 Å². The third-order valence-corrected chi connectivity index (χ3v) is 4.63. The Balaban J connectivity index is 2.11. The summed E-state index contributed by atoms with van der Waals surface area (Å²) in [5, 5.41) is 0. The van der Waals surface area contributed by atoms with Gasteiger partial charge in [-0.2, -0.15) is 0 Å². The first-order valence-electron chi connectivity index (χ1n) is 7.70. The van der Waals surface area contributed by atoms with E-state index in [2.05, 4.69) is 4.98 Å². The Labute approximate surface area is 141 Å². The molecule has 1 aromatic rings. The van der Waals surface area contributed by atoms with Crippen LogP contribution in [0.3, 0.4) is 0 Å². The van der Waals surface area contributed by atoms with Gasteiger partial charge in [-0.25, -0.2) is 4.98 Å².